The fourth-order valence-corrected chi connectivity index (χ4v) is 5.22. The lowest BCUT2D eigenvalue weighted by Gasteiger charge is -2.15. The first-order chi connectivity index (χ1) is 17.8. The molecule has 0 spiro atoms. The summed E-state index contributed by atoms with van der Waals surface area (Å²) in [4.78, 5) is 37.6. The molecule has 8 nitrogen and oxygen atoms in total. The third-order valence-electron chi connectivity index (χ3n) is 5.35. The third-order valence-corrected chi connectivity index (χ3v) is 7.21. The van der Waals surface area contributed by atoms with Gasteiger partial charge in [-0.3, -0.25) is 24.6 Å². The fraction of sp³-hybridized carbons (Fsp3) is 0.154. The number of nitrogens with zero attached hydrogens (tertiary/aromatic N) is 2. The molecule has 1 saturated heterocycles. The number of benzene rings is 3. The van der Waals surface area contributed by atoms with Crippen molar-refractivity contribution in [2.24, 2.45) is 0 Å². The molecule has 1 aliphatic heterocycles. The Morgan fingerprint density at radius 3 is 2.49 bits per heavy atom. The maximum absolute atomic E-state index is 13.0. The Balaban J connectivity index is 1.58. The van der Waals surface area contributed by atoms with E-state index in [1.165, 1.54) is 18.2 Å². The summed E-state index contributed by atoms with van der Waals surface area (Å²) >= 11 is 10.5. The van der Waals surface area contributed by atoms with E-state index in [0.717, 1.165) is 22.2 Å². The summed E-state index contributed by atoms with van der Waals surface area (Å²) < 4.78 is 12.4. The topological polar surface area (TPSA) is 99.0 Å². The van der Waals surface area contributed by atoms with Crippen LogP contribution in [0.5, 0.6) is 11.5 Å². The quantitative estimate of drug-likeness (QED) is 0.145. The first kappa shape index (κ1) is 26.7. The highest BCUT2D eigenvalue weighted by Gasteiger charge is 2.36. The molecule has 0 N–H and O–H groups in total. The van der Waals surface area contributed by atoms with Gasteiger partial charge in [-0.2, -0.15) is 0 Å². The number of amides is 2. The molecular formula is C26H20BrClN2O6S. The Labute approximate surface area is 230 Å². The van der Waals surface area contributed by atoms with Crippen molar-refractivity contribution in [3.8, 4) is 11.5 Å². The van der Waals surface area contributed by atoms with Gasteiger partial charge in [0.15, 0.2) is 11.5 Å². The van der Waals surface area contributed by atoms with Gasteiger partial charge in [-0.25, -0.2) is 0 Å². The zero-order valence-corrected chi connectivity index (χ0v) is 22.6. The highest BCUT2D eigenvalue weighted by molar-refractivity contribution is 9.10. The van der Waals surface area contributed by atoms with Crippen molar-refractivity contribution in [3.63, 3.8) is 0 Å². The van der Waals surface area contributed by atoms with Crippen molar-refractivity contribution >= 4 is 62.2 Å². The van der Waals surface area contributed by atoms with Crippen LogP contribution in [0.1, 0.15) is 23.6 Å². The van der Waals surface area contributed by atoms with E-state index in [4.69, 9.17) is 21.1 Å². The standard InChI is InChI=1S/C26H20BrClN2O6S/c1-2-35-22-12-16(11-19(27)24(22)36-15-18-8-3-5-9-20(18)28)13-23-25(31)29(26(32)37-23)14-17-7-4-6-10-21(17)30(33)34/h3-13H,2,14-15H2,1H3/b23-13-. The molecule has 0 aromatic heterocycles. The number of thioether (sulfide) groups is 1. The molecule has 37 heavy (non-hydrogen) atoms. The number of nitro benzene ring substituents is 1. The molecule has 0 unspecified atom stereocenters. The zero-order chi connectivity index (χ0) is 26.5. The highest BCUT2D eigenvalue weighted by Crippen LogP contribution is 2.40. The average molecular weight is 604 g/mol. The van der Waals surface area contributed by atoms with Crippen LogP contribution in [0.4, 0.5) is 10.5 Å². The van der Waals surface area contributed by atoms with Gasteiger partial charge in [0.2, 0.25) is 0 Å². The summed E-state index contributed by atoms with van der Waals surface area (Å²) in [7, 11) is 0. The first-order valence-corrected chi connectivity index (χ1v) is 13.1. The number of ether oxygens (including phenoxy) is 2. The minimum Gasteiger partial charge on any atom is -0.490 e. The summed E-state index contributed by atoms with van der Waals surface area (Å²) in [5, 5.41) is 11.4. The predicted molar refractivity (Wildman–Crippen MR) is 146 cm³/mol. The van der Waals surface area contributed by atoms with Crippen molar-refractivity contribution in [2.75, 3.05) is 6.61 Å². The number of carbonyl (C=O) groups is 2. The molecule has 3 aromatic carbocycles. The molecule has 1 aliphatic rings. The summed E-state index contributed by atoms with van der Waals surface area (Å²) in [5.74, 6) is 0.402. The van der Waals surface area contributed by atoms with Crippen LogP contribution in [-0.2, 0) is 17.9 Å². The van der Waals surface area contributed by atoms with E-state index in [2.05, 4.69) is 15.9 Å². The molecule has 0 radical (unpaired) electrons. The number of carbonyl (C=O) groups excluding carboxylic acids is 2. The molecule has 1 heterocycles. The van der Waals surface area contributed by atoms with E-state index in [1.54, 1.807) is 30.3 Å². The van der Waals surface area contributed by atoms with E-state index < -0.39 is 16.1 Å². The lowest BCUT2D eigenvalue weighted by atomic mass is 10.1. The molecule has 190 valence electrons. The van der Waals surface area contributed by atoms with Crippen LogP contribution in [0.25, 0.3) is 6.08 Å². The van der Waals surface area contributed by atoms with Crippen molar-refractivity contribution < 1.29 is 24.0 Å². The fourth-order valence-electron chi connectivity index (χ4n) is 3.62. The molecule has 1 fully saturated rings. The predicted octanol–water partition coefficient (Wildman–Crippen LogP) is 7.22. The number of nitro groups is 1. The smallest absolute Gasteiger partial charge is 0.293 e. The third kappa shape index (κ3) is 6.15. The molecule has 0 atom stereocenters. The molecule has 2 amide bonds. The van der Waals surface area contributed by atoms with Crippen LogP contribution >= 0.6 is 39.3 Å². The first-order valence-electron chi connectivity index (χ1n) is 11.1. The Hall–Kier alpha value is -3.34. The maximum Gasteiger partial charge on any atom is 0.293 e. The van der Waals surface area contributed by atoms with Crippen LogP contribution in [0.2, 0.25) is 5.02 Å². The number of rotatable bonds is 9. The van der Waals surface area contributed by atoms with Gasteiger partial charge in [0, 0.05) is 22.2 Å². The molecule has 0 saturated carbocycles. The van der Waals surface area contributed by atoms with Crippen LogP contribution in [0.3, 0.4) is 0 Å². The largest absolute Gasteiger partial charge is 0.490 e. The normalized spacial score (nSPS) is 14.4. The average Bonchev–Trinajstić information content (AvgIpc) is 3.12. The van der Waals surface area contributed by atoms with Crippen molar-refractivity contribution in [2.45, 2.75) is 20.1 Å². The van der Waals surface area contributed by atoms with Crippen LogP contribution in [0, 0.1) is 10.1 Å². The van der Waals surface area contributed by atoms with E-state index in [-0.39, 0.29) is 29.3 Å². The van der Waals surface area contributed by atoms with Gasteiger partial charge in [0.1, 0.15) is 6.61 Å². The Morgan fingerprint density at radius 2 is 1.78 bits per heavy atom. The van der Waals surface area contributed by atoms with E-state index in [9.17, 15) is 19.7 Å². The number of hydrogen-bond acceptors (Lipinski definition) is 7. The Morgan fingerprint density at radius 1 is 1.08 bits per heavy atom. The van der Waals surface area contributed by atoms with Crippen molar-refractivity contribution in [1.82, 2.24) is 4.90 Å². The summed E-state index contributed by atoms with van der Waals surface area (Å²) in [5.41, 5.74) is 1.55. The summed E-state index contributed by atoms with van der Waals surface area (Å²) in [6.07, 6.45) is 1.58. The van der Waals surface area contributed by atoms with Crippen molar-refractivity contribution in [3.05, 3.63) is 102 Å². The van der Waals surface area contributed by atoms with Gasteiger partial charge in [0.25, 0.3) is 16.8 Å². The van der Waals surface area contributed by atoms with Gasteiger partial charge in [-0.15, -0.1) is 0 Å². The number of hydrogen-bond donors (Lipinski definition) is 0. The van der Waals surface area contributed by atoms with Gasteiger partial charge < -0.3 is 9.47 Å². The van der Waals surface area contributed by atoms with Gasteiger partial charge in [-0.1, -0.05) is 48.0 Å². The van der Waals surface area contributed by atoms with Crippen LogP contribution < -0.4 is 9.47 Å². The molecule has 0 aliphatic carbocycles. The lowest BCUT2D eigenvalue weighted by Crippen LogP contribution is -2.27. The van der Waals surface area contributed by atoms with Gasteiger partial charge in [0.05, 0.1) is 27.5 Å². The lowest BCUT2D eigenvalue weighted by molar-refractivity contribution is -0.385. The molecule has 4 rings (SSSR count). The second-order valence-electron chi connectivity index (χ2n) is 7.80. The SMILES string of the molecule is CCOc1cc(/C=C2\SC(=O)N(Cc3ccccc3[N+](=O)[O-])C2=O)cc(Br)c1OCc1ccccc1Cl. The van der Waals surface area contributed by atoms with E-state index in [0.29, 0.717) is 33.2 Å². The van der Waals surface area contributed by atoms with Crippen LogP contribution in [0.15, 0.2) is 70.0 Å². The molecule has 3 aromatic rings. The molecule has 11 heteroatoms. The number of halogens is 2. The van der Waals surface area contributed by atoms with Crippen molar-refractivity contribution in [1.29, 1.82) is 0 Å². The molecule has 0 bridgehead atoms. The van der Waals surface area contributed by atoms with E-state index >= 15 is 0 Å². The minimum absolute atomic E-state index is 0.150. The highest BCUT2D eigenvalue weighted by atomic mass is 79.9. The number of imide groups is 1. The Kier molecular flexibility index (Phi) is 8.52. The second kappa shape index (κ2) is 11.8. The monoisotopic (exact) mass is 602 g/mol. The maximum atomic E-state index is 13.0. The minimum atomic E-state index is -0.535. The van der Waals surface area contributed by atoms with Crippen LogP contribution in [-0.4, -0.2) is 27.6 Å². The van der Waals surface area contributed by atoms with E-state index in [1.807, 2.05) is 25.1 Å². The molecular weight excluding hydrogens is 584 g/mol. The number of para-hydroxylation sites is 1. The Bertz CT molecular complexity index is 1410. The second-order valence-corrected chi connectivity index (χ2v) is 10.1. The van der Waals surface area contributed by atoms with Gasteiger partial charge >= 0.3 is 0 Å². The summed E-state index contributed by atoms with van der Waals surface area (Å²) in [6.45, 7) is 2.25. The zero-order valence-electron chi connectivity index (χ0n) is 19.5. The summed E-state index contributed by atoms with van der Waals surface area (Å²) in [6, 6.07) is 16.8. The van der Waals surface area contributed by atoms with Gasteiger partial charge in [-0.05, 0) is 64.5 Å².